The van der Waals surface area contributed by atoms with E-state index in [1.807, 2.05) is 0 Å². The van der Waals surface area contributed by atoms with Gasteiger partial charge in [0.25, 0.3) is 0 Å². The van der Waals surface area contributed by atoms with Crippen LogP contribution in [0.5, 0.6) is 0 Å². The van der Waals surface area contributed by atoms with Crippen molar-refractivity contribution in [1.29, 1.82) is 0 Å². The van der Waals surface area contributed by atoms with Crippen LogP contribution in [-0.2, 0) is 16.0 Å². The number of benzene rings is 1. The van der Waals surface area contributed by atoms with E-state index >= 15 is 0 Å². The molecule has 0 heterocycles. The van der Waals surface area contributed by atoms with Gasteiger partial charge in [-0.25, -0.2) is 4.39 Å². The van der Waals surface area contributed by atoms with Crippen LogP contribution in [0.1, 0.15) is 19.4 Å². The maximum atomic E-state index is 12.5. The number of ether oxygens (including phenoxy) is 1. The van der Waals surface area contributed by atoms with E-state index in [1.165, 1.54) is 12.1 Å². The second-order valence-electron chi connectivity index (χ2n) is 3.34. The molecular formula is C11H13FO2. The summed E-state index contributed by atoms with van der Waals surface area (Å²) in [5, 5.41) is 0. The van der Waals surface area contributed by atoms with Crippen molar-refractivity contribution in [3.8, 4) is 0 Å². The van der Waals surface area contributed by atoms with Gasteiger partial charge in [-0.2, -0.15) is 0 Å². The summed E-state index contributed by atoms with van der Waals surface area (Å²) in [6, 6.07) is 5.82. The summed E-state index contributed by atoms with van der Waals surface area (Å²) in [6.07, 6.45) is 0.0845. The average molecular weight is 196 g/mol. The molecule has 0 aromatic heterocycles. The molecule has 0 fully saturated rings. The smallest absolute Gasteiger partial charge is 0.310 e. The van der Waals surface area contributed by atoms with E-state index in [-0.39, 0.29) is 24.3 Å². The first-order valence-electron chi connectivity index (χ1n) is 4.52. The Hall–Kier alpha value is -1.38. The van der Waals surface area contributed by atoms with Gasteiger partial charge in [-0.3, -0.25) is 4.79 Å². The Balaban J connectivity index is 2.52. The molecule has 0 saturated heterocycles. The van der Waals surface area contributed by atoms with E-state index in [4.69, 9.17) is 4.74 Å². The molecule has 0 amide bonds. The normalized spacial score (nSPS) is 10.3. The summed E-state index contributed by atoms with van der Waals surface area (Å²) in [5.74, 6) is -0.586. The molecule has 0 radical (unpaired) electrons. The van der Waals surface area contributed by atoms with E-state index in [0.29, 0.717) is 0 Å². The zero-order valence-corrected chi connectivity index (χ0v) is 8.29. The predicted molar refractivity (Wildman–Crippen MR) is 51.3 cm³/mol. The van der Waals surface area contributed by atoms with Gasteiger partial charge in [0.1, 0.15) is 5.82 Å². The molecule has 0 aliphatic rings. The fraction of sp³-hybridized carbons (Fsp3) is 0.364. The number of carbonyl (C=O) groups is 1. The first-order chi connectivity index (χ1) is 6.58. The van der Waals surface area contributed by atoms with Crippen molar-refractivity contribution in [3.63, 3.8) is 0 Å². The Kier molecular flexibility index (Phi) is 3.63. The van der Waals surface area contributed by atoms with Crippen LogP contribution in [0.25, 0.3) is 0 Å². The van der Waals surface area contributed by atoms with Gasteiger partial charge in [0.05, 0.1) is 12.5 Å². The molecule has 0 N–H and O–H groups in total. The largest absolute Gasteiger partial charge is 0.463 e. The van der Waals surface area contributed by atoms with Gasteiger partial charge in [0, 0.05) is 0 Å². The van der Waals surface area contributed by atoms with Crippen LogP contribution in [0.3, 0.4) is 0 Å². The maximum absolute atomic E-state index is 12.5. The lowest BCUT2D eigenvalue weighted by molar-refractivity contribution is -0.146. The highest BCUT2D eigenvalue weighted by atomic mass is 19.1. The predicted octanol–water partition coefficient (Wildman–Crippen LogP) is 2.32. The van der Waals surface area contributed by atoms with Crippen LogP contribution in [0, 0.1) is 5.82 Å². The summed E-state index contributed by atoms with van der Waals surface area (Å²) in [7, 11) is 0. The van der Waals surface area contributed by atoms with Crippen molar-refractivity contribution >= 4 is 5.97 Å². The Labute approximate surface area is 82.7 Å². The Morgan fingerprint density at radius 1 is 1.36 bits per heavy atom. The number of esters is 1. The molecule has 1 aromatic rings. The van der Waals surface area contributed by atoms with Crippen molar-refractivity contribution in [2.24, 2.45) is 0 Å². The maximum Gasteiger partial charge on any atom is 0.310 e. The van der Waals surface area contributed by atoms with E-state index < -0.39 is 0 Å². The SMILES string of the molecule is CC(C)OC(=O)Cc1ccc(F)cc1. The molecule has 14 heavy (non-hydrogen) atoms. The number of carbonyl (C=O) groups excluding carboxylic acids is 1. The third kappa shape index (κ3) is 3.56. The fourth-order valence-corrected chi connectivity index (χ4v) is 1.07. The molecule has 0 aliphatic carbocycles. The van der Waals surface area contributed by atoms with Crippen molar-refractivity contribution in [1.82, 2.24) is 0 Å². The highest BCUT2D eigenvalue weighted by Gasteiger charge is 2.06. The first kappa shape index (κ1) is 10.7. The van der Waals surface area contributed by atoms with Crippen LogP contribution >= 0.6 is 0 Å². The van der Waals surface area contributed by atoms with Gasteiger partial charge in [-0.15, -0.1) is 0 Å². The van der Waals surface area contributed by atoms with Crippen LogP contribution in [0.15, 0.2) is 24.3 Å². The highest BCUT2D eigenvalue weighted by molar-refractivity contribution is 5.72. The van der Waals surface area contributed by atoms with Crippen molar-refractivity contribution < 1.29 is 13.9 Å². The van der Waals surface area contributed by atoms with Gasteiger partial charge in [-0.05, 0) is 31.5 Å². The zero-order valence-electron chi connectivity index (χ0n) is 8.29. The molecule has 3 heteroatoms. The van der Waals surface area contributed by atoms with Crippen LogP contribution in [-0.4, -0.2) is 12.1 Å². The lowest BCUT2D eigenvalue weighted by Crippen LogP contribution is -2.13. The van der Waals surface area contributed by atoms with E-state index in [1.54, 1.807) is 26.0 Å². The number of hydrogen-bond acceptors (Lipinski definition) is 2. The van der Waals surface area contributed by atoms with Crippen molar-refractivity contribution in [3.05, 3.63) is 35.6 Å². The molecule has 0 spiro atoms. The Morgan fingerprint density at radius 3 is 2.43 bits per heavy atom. The lowest BCUT2D eigenvalue weighted by Gasteiger charge is -2.07. The molecule has 0 unspecified atom stereocenters. The average Bonchev–Trinajstić information content (AvgIpc) is 2.07. The molecule has 76 valence electrons. The molecule has 0 bridgehead atoms. The summed E-state index contributed by atoms with van der Waals surface area (Å²) >= 11 is 0. The topological polar surface area (TPSA) is 26.3 Å². The first-order valence-corrected chi connectivity index (χ1v) is 4.52. The quantitative estimate of drug-likeness (QED) is 0.693. The van der Waals surface area contributed by atoms with Gasteiger partial charge in [-0.1, -0.05) is 12.1 Å². The van der Waals surface area contributed by atoms with Crippen LogP contribution < -0.4 is 0 Å². The van der Waals surface area contributed by atoms with Gasteiger partial charge < -0.3 is 4.74 Å². The monoisotopic (exact) mass is 196 g/mol. The number of rotatable bonds is 3. The summed E-state index contributed by atoms with van der Waals surface area (Å²) in [5.41, 5.74) is 0.761. The lowest BCUT2D eigenvalue weighted by atomic mass is 10.1. The van der Waals surface area contributed by atoms with Crippen LogP contribution in [0.4, 0.5) is 4.39 Å². The van der Waals surface area contributed by atoms with Crippen LogP contribution in [0.2, 0.25) is 0 Å². The van der Waals surface area contributed by atoms with E-state index in [9.17, 15) is 9.18 Å². The second-order valence-corrected chi connectivity index (χ2v) is 3.34. The third-order valence-corrected chi connectivity index (χ3v) is 1.63. The standard InChI is InChI=1S/C11H13FO2/c1-8(2)14-11(13)7-9-3-5-10(12)6-4-9/h3-6,8H,7H2,1-2H3. The van der Waals surface area contributed by atoms with Gasteiger partial charge in [0.2, 0.25) is 0 Å². The molecule has 0 atom stereocenters. The molecule has 2 nitrogen and oxygen atoms in total. The Morgan fingerprint density at radius 2 is 1.93 bits per heavy atom. The molecule has 1 rings (SSSR count). The van der Waals surface area contributed by atoms with Crippen molar-refractivity contribution in [2.75, 3.05) is 0 Å². The minimum Gasteiger partial charge on any atom is -0.463 e. The number of halogens is 1. The van der Waals surface area contributed by atoms with Gasteiger partial charge >= 0.3 is 5.97 Å². The highest BCUT2D eigenvalue weighted by Crippen LogP contribution is 2.05. The molecule has 1 aromatic carbocycles. The number of hydrogen-bond donors (Lipinski definition) is 0. The molecule has 0 aliphatic heterocycles. The third-order valence-electron chi connectivity index (χ3n) is 1.63. The molecular weight excluding hydrogens is 183 g/mol. The van der Waals surface area contributed by atoms with E-state index in [2.05, 4.69) is 0 Å². The molecule has 0 saturated carbocycles. The Bertz CT molecular complexity index is 304. The summed E-state index contributed by atoms with van der Waals surface area (Å²) in [6.45, 7) is 3.59. The van der Waals surface area contributed by atoms with E-state index in [0.717, 1.165) is 5.56 Å². The fourth-order valence-electron chi connectivity index (χ4n) is 1.07. The van der Waals surface area contributed by atoms with Gasteiger partial charge in [0.15, 0.2) is 0 Å². The minimum atomic E-state index is -0.300. The second kappa shape index (κ2) is 4.74. The van der Waals surface area contributed by atoms with Crippen molar-refractivity contribution in [2.45, 2.75) is 26.4 Å². The summed E-state index contributed by atoms with van der Waals surface area (Å²) < 4.78 is 17.5. The zero-order chi connectivity index (χ0) is 10.6. The summed E-state index contributed by atoms with van der Waals surface area (Å²) in [4.78, 5) is 11.2. The minimum absolute atomic E-state index is 0.108.